The highest BCUT2D eigenvalue weighted by Gasteiger charge is 2.12. The molecule has 6 heteroatoms. The molecule has 0 aliphatic rings. The summed E-state index contributed by atoms with van der Waals surface area (Å²) in [6.07, 6.45) is 0. The number of methoxy groups -OCH3 is 1. The maximum absolute atomic E-state index is 6.14. The van der Waals surface area contributed by atoms with Crippen LogP contribution in [0.4, 0.5) is 0 Å². The van der Waals surface area contributed by atoms with Crippen LogP contribution in [0.2, 0.25) is 15.2 Å². The first-order chi connectivity index (χ1) is 7.54. The maximum atomic E-state index is 6.14. The molecular weight excluding hydrogens is 336 g/mol. The summed E-state index contributed by atoms with van der Waals surface area (Å²) in [7, 11) is 1.54. The Labute approximate surface area is 116 Å². The number of nitrogens with zero attached hydrogens (tertiary/aromatic N) is 1. The van der Waals surface area contributed by atoms with Crippen LogP contribution >= 0.6 is 50.7 Å². The molecule has 84 valence electrons. The van der Waals surface area contributed by atoms with Gasteiger partial charge in [-0.1, -0.05) is 34.8 Å². The van der Waals surface area contributed by atoms with E-state index in [1.807, 2.05) is 0 Å². The van der Waals surface area contributed by atoms with Crippen molar-refractivity contribution in [2.45, 2.75) is 0 Å². The third kappa shape index (κ3) is 1.97. The minimum absolute atomic E-state index is 0.304. The smallest absolute Gasteiger partial charge is 0.145 e. The van der Waals surface area contributed by atoms with Gasteiger partial charge in [0.25, 0.3) is 0 Å². The lowest BCUT2D eigenvalue weighted by Gasteiger charge is -2.08. The molecule has 2 nitrogen and oxygen atoms in total. The lowest BCUT2D eigenvalue weighted by molar-refractivity contribution is 0.415. The zero-order valence-electron chi connectivity index (χ0n) is 8.02. The Morgan fingerprint density at radius 3 is 2.56 bits per heavy atom. The predicted molar refractivity (Wildman–Crippen MR) is 71.0 cm³/mol. The Hall–Kier alpha value is -0.220. The zero-order chi connectivity index (χ0) is 11.9. The van der Waals surface area contributed by atoms with Crippen LogP contribution in [0.3, 0.4) is 0 Å². The molecule has 1 aromatic heterocycles. The number of halogens is 4. The van der Waals surface area contributed by atoms with Crippen molar-refractivity contribution < 1.29 is 4.74 Å². The second-order valence-electron chi connectivity index (χ2n) is 3.03. The standard InChI is InChI=1S/C10H5BrCl3NO/c1-16-7-2-4-6(3-5(7)12)15-10(14)8(11)9(4)13/h2-3H,1H3. The lowest BCUT2D eigenvalue weighted by Crippen LogP contribution is -1.88. The number of rotatable bonds is 1. The number of aromatic nitrogens is 1. The summed E-state index contributed by atoms with van der Waals surface area (Å²) in [6.45, 7) is 0. The van der Waals surface area contributed by atoms with E-state index in [-0.39, 0.29) is 0 Å². The molecule has 0 unspecified atom stereocenters. The fourth-order valence-corrected chi connectivity index (χ4v) is 2.34. The van der Waals surface area contributed by atoms with Gasteiger partial charge in [0, 0.05) is 5.39 Å². The molecule has 0 aliphatic carbocycles. The largest absolute Gasteiger partial charge is 0.495 e. The Morgan fingerprint density at radius 2 is 1.94 bits per heavy atom. The molecule has 2 rings (SSSR count). The normalized spacial score (nSPS) is 10.8. The van der Waals surface area contributed by atoms with Gasteiger partial charge < -0.3 is 4.74 Å². The van der Waals surface area contributed by atoms with Crippen molar-refractivity contribution >= 4 is 61.6 Å². The fraction of sp³-hybridized carbons (Fsp3) is 0.100. The van der Waals surface area contributed by atoms with Crippen LogP contribution in [0.5, 0.6) is 5.75 Å². The number of hydrogen-bond donors (Lipinski definition) is 0. The summed E-state index contributed by atoms with van der Waals surface area (Å²) in [5, 5.41) is 2.00. The summed E-state index contributed by atoms with van der Waals surface area (Å²) in [5.41, 5.74) is 0.629. The van der Waals surface area contributed by atoms with E-state index in [0.717, 1.165) is 5.39 Å². The quantitative estimate of drug-likeness (QED) is 0.684. The summed E-state index contributed by atoms with van der Waals surface area (Å²) >= 11 is 21.3. The number of pyridine rings is 1. The van der Waals surface area contributed by atoms with Crippen LogP contribution in [0.1, 0.15) is 0 Å². The number of fused-ring (bicyclic) bond motifs is 1. The van der Waals surface area contributed by atoms with E-state index in [1.165, 1.54) is 0 Å². The van der Waals surface area contributed by atoms with E-state index in [9.17, 15) is 0 Å². The number of ether oxygens (including phenoxy) is 1. The van der Waals surface area contributed by atoms with Crippen molar-refractivity contribution in [2.75, 3.05) is 7.11 Å². The summed E-state index contributed by atoms with van der Waals surface area (Å²) in [5.74, 6) is 0.548. The summed E-state index contributed by atoms with van der Waals surface area (Å²) in [6, 6.07) is 3.40. The second kappa shape index (κ2) is 4.57. The summed E-state index contributed by atoms with van der Waals surface area (Å²) in [4.78, 5) is 4.17. The average Bonchev–Trinajstić information content (AvgIpc) is 2.26. The zero-order valence-corrected chi connectivity index (χ0v) is 11.9. The predicted octanol–water partition coefficient (Wildman–Crippen LogP) is 4.97. The highest BCUT2D eigenvalue weighted by molar-refractivity contribution is 9.10. The molecule has 0 N–H and O–H groups in total. The van der Waals surface area contributed by atoms with Gasteiger partial charge in [-0.2, -0.15) is 0 Å². The molecule has 0 fully saturated rings. The molecule has 0 saturated heterocycles. The van der Waals surface area contributed by atoms with Crippen molar-refractivity contribution in [3.05, 3.63) is 31.8 Å². The topological polar surface area (TPSA) is 22.1 Å². The first-order valence-corrected chi connectivity index (χ1v) is 6.15. The van der Waals surface area contributed by atoms with Crippen molar-refractivity contribution in [1.82, 2.24) is 4.98 Å². The first kappa shape index (κ1) is 12.2. The molecule has 0 aliphatic heterocycles. The van der Waals surface area contributed by atoms with E-state index < -0.39 is 0 Å². The van der Waals surface area contributed by atoms with Gasteiger partial charge in [0.05, 0.1) is 27.1 Å². The Balaban J connectivity index is 2.86. The van der Waals surface area contributed by atoms with Crippen molar-refractivity contribution in [3.63, 3.8) is 0 Å². The van der Waals surface area contributed by atoms with Gasteiger partial charge in [-0.25, -0.2) is 4.98 Å². The van der Waals surface area contributed by atoms with Crippen LogP contribution in [-0.2, 0) is 0 Å². The van der Waals surface area contributed by atoms with Crippen molar-refractivity contribution in [1.29, 1.82) is 0 Å². The molecule has 1 heterocycles. The van der Waals surface area contributed by atoms with Crippen molar-refractivity contribution in [2.24, 2.45) is 0 Å². The molecule has 0 radical (unpaired) electrons. The van der Waals surface area contributed by atoms with Crippen LogP contribution in [0.25, 0.3) is 10.9 Å². The molecule has 0 saturated carbocycles. The van der Waals surface area contributed by atoms with Gasteiger partial charge in [0.15, 0.2) is 0 Å². The van der Waals surface area contributed by atoms with Gasteiger partial charge in [-0.3, -0.25) is 0 Å². The van der Waals surface area contributed by atoms with E-state index >= 15 is 0 Å². The molecule has 0 amide bonds. The van der Waals surface area contributed by atoms with Crippen LogP contribution in [0, 0.1) is 0 Å². The van der Waals surface area contributed by atoms with E-state index in [2.05, 4.69) is 20.9 Å². The molecule has 0 bridgehead atoms. The summed E-state index contributed by atoms with van der Waals surface area (Å²) < 4.78 is 5.67. The molecule has 0 spiro atoms. The minimum Gasteiger partial charge on any atom is -0.495 e. The van der Waals surface area contributed by atoms with Crippen LogP contribution < -0.4 is 4.74 Å². The third-order valence-corrected chi connectivity index (χ3v) is 4.29. The second-order valence-corrected chi connectivity index (χ2v) is 4.97. The first-order valence-electron chi connectivity index (χ1n) is 4.22. The number of benzene rings is 1. The van der Waals surface area contributed by atoms with Crippen LogP contribution in [0.15, 0.2) is 16.6 Å². The molecule has 1 aromatic carbocycles. The van der Waals surface area contributed by atoms with Crippen molar-refractivity contribution in [3.8, 4) is 5.75 Å². The maximum Gasteiger partial charge on any atom is 0.145 e. The fourth-order valence-electron chi connectivity index (χ4n) is 1.33. The van der Waals surface area contributed by atoms with Gasteiger partial charge in [-0.15, -0.1) is 0 Å². The van der Waals surface area contributed by atoms with E-state index in [0.29, 0.717) is 30.9 Å². The van der Waals surface area contributed by atoms with Gasteiger partial charge in [0.2, 0.25) is 0 Å². The van der Waals surface area contributed by atoms with E-state index in [4.69, 9.17) is 39.5 Å². The van der Waals surface area contributed by atoms with Gasteiger partial charge in [-0.05, 0) is 28.1 Å². The number of hydrogen-bond acceptors (Lipinski definition) is 2. The highest BCUT2D eigenvalue weighted by atomic mass is 79.9. The Morgan fingerprint density at radius 1 is 1.25 bits per heavy atom. The average molecular weight is 341 g/mol. The van der Waals surface area contributed by atoms with Crippen LogP contribution in [-0.4, -0.2) is 12.1 Å². The third-order valence-electron chi connectivity index (χ3n) is 2.10. The van der Waals surface area contributed by atoms with Gasteiger partial charge >= 0.3 is 0 Å². The molecule has 16 heavy (non-hydrogen) atoms. The van der Waals surface area contributed by atoms with Gasteiger partial charge in [0.1, 0.15) is 10.9 Å². The highest BCUT2D eigenvalue weighted by Crippen LogP contribution is 2.38. The van der Waals surface area contributed by atoms with E-state index in [1.54, 1.807) is 19.2 Å². The molecule has 2 aromatic rings. The Kier molecular flexibility index (Phi) is 3.50. The molecular formula is C10H5BrCl3NO. The monoisotopic (exact) mass is 339 g/mol. The lowest BCUT2D eigenvalue weighted by atomic mass is 10.2. The SMILES string of the molecule is COc1cc2c(Cl)c(Br)c(Cl)nc2cc1Cl. The Bertz CT molecular complexity index is 574. The molecule has 0 atom stereocenters. The minimum atomic E-state index is 0.304.